The molecule has 2 N–H and O–H groups in total. The average molecular weight is 275 g/mol. The highest BCUT2D eigenvalue weighted by Crippen LogP contribution is 2.30. The minimum absolute atomic E-state index is 0.247. The first-order chi connectivity index (χ1) is 9.52. The quantitative estimate of drug-likeness (QED) is 0.896. The summed E-state index contributed by atoms with van der Waals surface area (Å²) >= 11 is 0. The highest BCUT2D eigenvalue weighted by molar-refractivity contribution is 5.49. The Morgan fingerprint density at radius 1 is 1.45 bits per heavy atom. The third-order valence-corrected chi connectivity index (χ3v) is 4.47. The van der Waals surface area contributed by atoms with Crippen molar-refractivity contribution >= 4 is 5.82 Å². The number of anilines is 1. The molecule has 3 nitrogen and oxygen atoms in total. The number of hydrogen-bond donors (Lipinski definition) is 1. The van der Waals surface area contributed by atoms with Crippen molar-refractivity contribution in [2.24, 2.45) is 11.7 Å². The standard InChI is InChI=1S/C17H29N3/c1-5-15(18)10-14-9-13(4)17(19-11-14)20-8-6-7-16(20)12(2)3/h9,11-12,15-16H,5-8,10,18H2,1-4H3. The van der Waals surface area contributed by atoms with Gasteiger partial charge >= 0.3 is 0 Å². The second-order valence-corrected chi connectivity index (χ2v) is 6.50. The van der Waals surface area contributed by atoms with Crippen molar-refractivity contribution in [1.29, 1.82) is 0 Å². The molecule has 1 aliphatic heterocycles. The van der Waals surface area contributed by atoms with Gasteiger partial charge in [0.25, 0.3) is 0 Å². The van der Waals surface area contributed by atoms with Crippen molar-refractivity contribution in [3.63, 3.8) is 0 Å². The van der Waals surface area contributed by atoms with Crippen LogP contribution in [0.4, 0.5) is 5.82 Å². The third kappa shape index (κ3) is 3.32. The van der Waals surface area contributed by atoms with Crippen molar-refractivity contribution in [2.75, 3.05) is 11.4 Å². The molecule has 0 radical (unpaired) electrons. The summed E-state index contributed by atoms with van der Waals surface area (Å²) in [5, 5.41) is 0. The fourth-order valence-corrected chi connectivity index (χ4v) is 3.23. The molecule has 2 atom stereocenters. The molecule has 0 spiro atoms. The Morgan fingerprint density at radius 3 is 2.80 bits per heavy atom. The van der Waals surface area contributed by atoms with Crippen molar-refractivity contribution in [3.8, 4) is 0 Å². The molecule has 1 fully saturated rings. The highest BCUT2D eigenvalue weighted by atomic mass is 15.2. The van der Waals surface area contributed by atoms with Crippen molar-refractivity contribution in [2.45, 2.75) is 65.5 Å². The zero-order chi connectivity index (χ0) is 14.7. The molecule has 2 unspecified atom stereocenters. The van der Waals surface area contributed by atoms with E-state index in [0.717, 1.165) is 19.4 Å². The molecule has 2 rings (SSSR count). The lowest BCUT2D eigenvalue weighted by Crippen LogP contribution is -2.34. The lowest BCUT2D eigenvalue weighted by atomic mass is 10.0. The normalized spacial score (nSPS) is 20.7. The van der Waals surface area contributed by atoms with Crippen molar-refractivity contribution < 1.29 is 0 Å². The van der Waals surface area contributed by atoms with E-state index in [2.05, 4.69) is 38.7 Å². The van der Waals surface area contributed by atoms with Crippen molar-refractivity contribution in [3.05, 3.63) is 23.4 Å². The molecule has 1 aromatic rings. The minimum Gasteiger partial charge on any atom is -0.353 e. The van der Waals surface area contributed by atoms with Gasteiger partial charge in [0.15, 0.2) is 0 Å². The summed E-state index contributed by atoms with van der Waals surface area (Å²) in [6.45, 7) is 10.1. The molecule has 0 aliphatic carbocycles. The first-order valence-electron chi connectivity index (χ1n) is 8.00. The van der Waals surface area contributed by atoms with E-state index in [4.69, 9.17) is 10.7 Å². The van der Waals surface area contributed by atoms with Crippen LogP contribution in [0.15, 0.2) is 12.3 Å². The maximum absolute atomic E-state index is 6.04. The average Bonchev–Trinajstić information content (AvgIpc) is 2.88. The maximum Gasteiger partial charge on any atom is 0.131 e. The van der Waals surface area contributed by atoms with E-state index in [1.54, 1.807) is 0 Å². The number of hydrogen-bond acceptors (Lipinski definition) is 3. The molecule has 0 amide bonds. The summed E-state index contributed by atoms with van der Waals surface area (Å²) in [5.41, 5.74) is 8.59. The van der Waals surface area contributed by atoms with E-state index < -0.39 is 0 Å². The summed E-state index contributed by atoms with van der Waals surface area (Å²) in [5.74, 6) is 1.86. The second-order valence-electron chi connectivity index (χ2n) is 6.50. The minimum atomic E-state index is 0.247. The van der Waals surface area contributed by atoms with Crippen molar-refractivity contribution in [1.82, 2.24) is 4.98 Å². The second kappa shape index (κ2) is 6.57. The summed E-state index contributed by atoms with van der Waals surface area (Å²) < 4.78 is 0. The Bertz CT molecular complexity index is 442. The Labute approximate surface area is 123 Å². The van der Waals surface area contributed by atoms with Crippen LogP contribution in [0.5, 0.6) is 0 Å². The summed E-state index contributed by atoms with van der Waals surface area (Å²) in [7, 11) is 0. The number of nitrogens with zero attached hydrogens (tertiary/aromatic N) is 2. The van der Waals surface area contributed by atoms with Crippen LogP contribution >= 0.6 is 0 Å². The predicted molar refractivity (Wildman–Crippen MR) is 86.2 cm³/mol. The van der Waals surface area contributed by atoms with Gasteiger partial charge in [-0.15, -0.1) is 0 Å². The van der Waals surface area contributed by atoms with E-state index >= 15 is 0 Å². The van der Waals surface area contributed by atoms with Gasteiger partial charge in [-0.05, 0) is 49.7 Å². The molecule has 112 valence electrons. The van der Waals surface area contributed by atoms with Crippen LogP contribution in [0, 0.1) is 12.8 Å². The van der Waals surface area contributed by atoms with Crippen LogP contribution in [0.25, 0.3) is 0 Å². The summed E-state index contributed by atoms with van der Waals surface area (Å²) in [6, 6.07) is 3.16. The monoisotopic (exact) mass is 275 g/mol. The summed E-state index contributed by atoms with van der Waals surface area (Å²) in [6.07, 6.45) is 6.54. The van der Waals surface area contributed by atoms with Gasteiger partial charge in [-0.2, -0.15) is 0 Å². The highest BCUT2D eigenvalue weighted by Gasteiger charge is 2.28. The maximum atomic E-state index is 6.04. The third-order valence-electron chi connectivity index (χ3n) is 4.47. The molecule has 1 aliphatic rings. The van der Waals surface area contributed by atoms with Crippen LogP contribution in [-0.2, 0) is 6.42 Å². The molecular weight excluding hydrogens is 246 g/mol. The lowest BCUT2D eigenvalue weighted by Gasteiger charge is -2.30. The Kier molecular flexibility index (Phi) is 5.03. The molecule has 1 saturated heterocycles. The van der Waals surface area contributed by atoms with Gasteiger partial charge in [-0.3, -0.25) is 0 Å². The largest absolute Gasteiger partial charge is 0.353 e. The first kappa shape index (κ1) is 15.3. The Balaban J connectivity index is 2.17. The van der Waals surface area contributed by atoms with Gasteiger partial charge in [0, 0.05) is 24.8 Å². The molecule has 20 heavy (non-hydrogen) atoms. The SMILES string of the molecule is CCC(N)Cc1cnc(N2CCCC2C(C)C)c(C)c1. The van der Waals surface area contributed by atoms with Gasteiger partial charge in [-0.1, -0.05) is 26.8 Å². The van der Waals surface area contributed by atoms with E-state index in [-0.39, 0.29) is 6.04 Å². The van der Waals surface area contributed by atoms with Gasteiger partial charge in [0.1, 0.15) is 5.82 Å². The van der Waals surface area contributed by atoms with Gasteiger partial charge in [-0.25, -0.2) is 4.98 Å². The number of pyridine rings is 1. The number of aromatic nitrogens is 1. The fraction of sp³-hybridized carbons (Fsp3) is 0.706. The molecule has 3 heteroatoms. The van der Waals surface area contributed by atoms with Crippen LogP contribution in [0.2, 0.25) is 0 Å². The number of nitrogens with two attached hydrogens (primary N) is 1. The molecule has 2 heterocycles. The smallest absolute Gasteiger partial charge is 0.131 e. The van der Waals surface area contributed by atoms with Gasteiger partial charge in [0.2, 0.25) is 0 Å². The molecule has 0 bridgehead atoms. The molecule has 0 saturated carbocycles. The van der Waals surface area contributed by atoms with E-state index in [1.165, 1.54) is 29.8 Å². The predicted octanol–water partition coefficient (Wildman–Crippen LogP) is 3.29. The Morgan fingerprint density at radius 2 is 2.20 bits per heavy atom. The number of rotatable bonds is 5. The Hall–Kier alpha value is -1.09. The van der Waals surface area contributed by atoms with Gasteiger partial charge < -0.3 is 10.6 Å². The zero-order valence-electron chi connectivity index (χ0n) is 13.4. The number of aryl methyl sites for hydroxylation is 1. The van der Waals surface area contributed by atoms with E-state index in [0.29, 0.717) is 12.0 Å². The fourth-order valence-electron chi connectivity index (χ4n) is 3.23. The van der Waals surface area contributed by atoms with Crippen LogP contribution < -0.4 is 10.6 Å². The topological polar surface area (TPSA) is 42.1 Å². The molecular formula is C17H29N3. The van der Waals surface area contributed by atoms with Gasteiger partial charge in [0.05, 0.1) is 0 Å². The van der Waals surface area contributed by atoms with E-state index in [9.17, 15) is 0 Å². The lowest BCUT2D eigenvalue weighted by molar-refractivity contribution is 0.489. The summed E-state index contributed by atoms with van der Waals surface area (Å²) in [4.78, 5) is 7.25. The van der Waals surface area contributed by atoms with Crippen LogP contribution in [0.1, 0.15) is 51.2 Å². The zero-order valence-corrected chi connectivity index (χ0v) is 13.4. The van der Waals surface area contributed by atoms with Crippen LogP contribution in [0.3, 0.4) is 0 Å². The van der Waals surface area contributed by atoms with E-state index in [1.807, 2.05) is 6.20 Å². The first-order valence-corrected chi connectivity index (χ1v) is 8.00. The van der Waals surface area contributed by atoms with Crippen LogP contribution in [-0.4, -0.2) is 23.6 Å². The molecule has 0 aromatic carbocycles. The molecule has 1 aromatic heterocycles.